The maximum absolute atomic E-state index is 15.2. The number of hydrogen-bond acceptors (Lipinski definition) is 3. The maximum Gasteiger partial charge on any atom is 0.252 e. The summed E-state index contributed by atoms with van der Waals surface area (Å²) in [5, 5.41) is 3.38. The average molecular weight is 712 g/mol. The third kappa shape index (κ3) is 4.54. The zero-order chi connectivity index (χ0) is 37.4. The molecule has 54 heavy (non-hydrogen) atoms. The minimum Gasteiger partial charge on any atom is -0.462 e. The van der Waals surface area contributed by atoms with E-state index in [1.165, 1.54) is 10.8 Å². The van der Waals surface area contributed by atoms with Crippen molar-refractivity contribution in [1.82, 2.24) is 4.57 Å². The first-order valence-electron chi connectivity index (χ1n) is 18.7. The number of furan rings is 1. The number of rotatable bonds is 2. The van der Waals surface area contributed by atoms with E-state index in [-0.39, 0.29) is 29.2 Å². The molecule has 4 heterocycles. The molecule has 4 nitrogen and oxygen atoms in total. The second kappa shape index (κ2) is 11.1. The van der Waals surface area contributed by atoms with Crippen LogP contribution in [0.3, 0.4) is 0 Å². The van der Waals surface area contributed by atoms with Crippen LogP contribution >= 0.6 is 0 Å². The van der Waals surface area contributed by atoms with Gasteiger partial charge < -0.3 is 18.8 Å². The number of anilines is 6. The molecule has 0 unspecified atom stereocenters. The second-order valence-corrected chi connectivity index (χ2v) is 17.0. The van der Waals surface area contributed by atoms with E-state index in [0.29, 0.717) is 0 Å². The number of nitrogens with zero attached hydrogens (tertiary/aromatic N) is 3. The van der Waals surface area contributed by atoms with Crippen LogP contribution in [-0.4, -0.2) is 11.3 Å². The quantitative estimate of drug-likeness (QED) is 0.167. The molecule has 2 aliphatic heterocycles. The van der Waals surface area contributed by atoms with Crippen molar-refractivity contribution >= 4 is 90.0 Å². The fraction of sp³-hybridized carbons (Fsp3) is 0.191. The van der Waals surface area contributed by atoms with Gasteiger partial charge in [0.25, 0.3) is 6.71 Å². The van der Waals surface area contributed by atoms with Gasteiger partial charge in [-0.05, 0) is 105 Å². The molecule has 266 valence electrons. The molecule has 0 spiro atoms. The lowest BCUT2D eigenvalue weighted by Crippen LogP contribution is -2.61. The molecule has 7 heteroatoms. The van der Waals surface area contributed by atoms with Gasteiger partial charge in [-0.25, -0.2) is 8.78 Å². The Morgan fingerprint density at radius 3 is 1.89 bits per heavy atom. The SMILES string of the molecule is Cn1c2ccccc2c2cc3c(cc21)N(c1ccc(F)cc1C(C)(C)C)c1cccc2c1B3c1ccc3ccoc3c1N2c1ccc(F)cc1C(C)(C)C. The fourth-order valence-corrected chi connectivity index (χ4v) is 9.21. The van der Waals surface area contributed by atoms with Crippen LogP contribution in [0.15, 0.2) is 120 Å². The fourth-order valence-electron chi connectivity index (χ4n) is 9.21. The highest BCUT2D eigenvalue weighted by Crippen LogP contribution is 2.50. The molecule has 0 radical (unpaired) electrons. The van der Waals surface area contributed by atoms with Gasteiger partial charge in [-0.1, -0.05) is 84.0 Å². The summed E-state index contributed by atoms with van der Waals surface area (Å²) in [5.74, 6) is -0.526. The smallest absolute Gasteiger partial charge is 0.252 e. The maximum atomic E-state index is 15.2. The zero-order valence-electron chi connectivity index (χ0n) is 31.6. The Hall–Kier alpha value is -5.82. The number of aryl methyl sites for hydroxylation is 1. The predicted octanol–water partition coefficient (Wildman–Crippen LogP) is 11.0. The van der Waals surface area contributed by atoms with E-state index in [0.717, 1.165) is 83.6 Å². The van der Waals surface area contributed by atoms with Gasteiger partial charge in [0.15, 0.2) is 5.58 Å². The van der Waals surface area contributed by atoms with E-state index in [9.17, 15) is 0 Å². The highest BCUT2D eigenvalue weighted by Gasteiger charge is 2.46. The van der Waals surface area contributed by atoms with Gasteiger partial charge in [-0.15, -0.1) is 0 Å². The molecular formula is C47H40BF2N3O. The van der Waals surface area contributed by atoms with Crippen LogP contribution in [0.25, 0.3) is 32.8 Å². The van der Waals surface area contributed by atoms with E-state index in [2.05, 4.69) is 130 Å². The Balaban J connectivity index is 1.38. The largest absolute Gasteiger partial charge is 0.462 e. The Labute approximate surface area is 314 Å². The molecule has 0 N–H and O–H groups in total. The van der Waals surface area contributed by atoms with Gasteiger partial charge in [0, 0.05) is 45.8 Å². The highest BCUT2D eigenvalue weighted by atomic mass is 19.1. The number of halogens is 2. The first-order chi connectivity index (χ1) is 25.8. The minimum absolute atomic E-state index is 0.163. The number of hydrogen-bond donors (Lipinski definition) is 0. The lowest BCUT2D eigenvalue weighted by Gasteiger charge is -2.45. The minimum atomic E-state index is -0.366. The number of aromatic nitrogens is 1. The van der Waals surface area contributed by atoms with Crippen molar-refractivity contribution < 1.29 is 13.2 Å². The third-order valence-corrected chi connectivity index (χ3v) is 11.6. The highest BCUT2D eigenvalue weighted by molar-refractivity contribution is 7.00. The second-order valence-electron chi connectivity index (χ2n) is 17.0. The molecule has 2 aromatic heterocycles. The molecule has 6 aromatic carbocycles. The average Bonchev–Trinajstić information content (AvgIpc) is 3.73. The van der Waals surface area contributed by atoms with Gasteiger partial charge >= 0.3 is 0 Å². The van der Waals surface area contributed by atoms with Crippen LogP contribution in [0.2, 0.25) is 0 Å². The van der Waals surface area contributed by atoms with Crippen molar-refractivity contribution in [3.63, 3.8) is 0 Å². The Morgan fingerprint density at radius 2 is 1.20 bits per heavy atom. The standard InChI is InChI=1S/C47H40BF2N3O/c1-46(2,3)32-23-28(49)16-19-37(32)52-39-13-10-14-40-43(39)48(35-25-31-30-11-8-9-12-36(30)51(7)41(31)26-42(35)52)34-18-15-27-21-22-54-45(27)44(34)53(40)38-20-17-29(50)24-33(38)47(4,5)6/h8-26H,1-7H3. The first-order valence-corrected chi connectivity index (χ1v) is 18.7. The van der Waals surface area contributed by atoms with Gasteiger partial charge in [-0.2, -0.15) is 0 Å². The Morgan fingerprint density at radius 1 is 0.556 bits per heavy atom. The van der Waals surface area contributed by atoms with E-state index >= 15 is 8.78 Å². The molecule has 0 atom stereocenters. The van der Waals surface area contributed by atoms with Crippen LogP contribution < -0.4 is 26.2 Å². The summed E-state index contributed by atoms with van der Waals surface area (Å²) in [6.07, 6.45) is 1.75. The van der Waals surface area contributed by atoms with Crippen molar-refractivity contribution in [2.24, 2.45) is 7.05 Å². The van der Waals surface area contributed by atoms with Crippen LogP contribution in [0.4, 0.5) is 42.9 Å². The van der Waals surface area contributed by atoms with Gasteiger partial charge in [-0.3, -0.25) is 0 Å². The van der Waals surface area contributed by atoms with Crippen molar-refractivity contribution in [1.29, 1.82) is 0 Å². The van der Waals surface area contributed by atoms with E-state index in [1.807, 2.05) is 18.2 Å². The summed E-state index contributed by atoms with van der Waals surface area (Å²) in [6, 6.07) is 36.5. The van der Waals surface area contributed by atoms with Crippen LogP contribution in [-0.2, 0) is 17.9 Å². The molecule has 8 aromatic rings. The van der Waals surface area contributed by atoms with E-state index < -0.39 is 0 Å². The van der Waals surface area contributed by atoms with E-state index in [4.69, 9.17) is 4.42 Å². The van der Waals surface area contributed by atoms with E-state index in [1.54, 1.807) is 30.5 Å². The molecule has 0 amide bonds. The van der Waals surface area contributed by atoms with Crippen LogP contribution in [0, 0.1) is 11.6 Å². The summed E-state index contributed by atoms with van der Waals surface area (Å²) >= 11 is 0. The molecular weight excluding hydrogens is 671 g/mol. The molecule has 10 rings (SSSR count). The topological polar surface area (TPSA) is 24.6 Å². The Kier molecular flexibility index (Phi) is 6.75. The van der Waals surface area contributed by atoms with Crippen LogP contribution in [0.5, 0.6) is 0 Å². The molecule has 0 saturated heterocycles. The summed E-state index contributed by atoms with van der Waals surface area (Å²) in [7, 11) is 2.13. The van der Waals surface area contributed by atoms with Gasteiger partial charge in [0.1, 0.15) is 11.6 Å². The molecule has 0 saturated carbocycles. The van der Waals surface area contributed by atoms with Crippen molar-refractivity contribution in [2.45, 2.75) is 52.4 Å². The Bertz CT molecular complexity index is 2870. The summed E-state index contributed by atoms with van der Waals surface area (Å²) in [4.78, 5) is 4.65. The lowest BCUT2D eigenvalue weighted by atomic mass is 9.33. The lowest BCUT2D eigenvalue weighted by molar-refractivity contribution is 0.573. The van der Waals surface area contributed by atoms with Crippen molar-refractivity contribution in [3.05, 3.63) is 138 Å². The normalized spacial score (nSPS) is 13.9. The number of para-hydroxylation sites is 1. The first kappa shape index (κ1) is 32.8. The summed E-state index contributed by atoms with van der Waals surface area (Å²) in [6.45, 7) is 12.6. The molecule has 0 aliphatic carbocycles. The number of benzene rings is 6. The van der Waals surface area contributed by atoms with Gasteiger partial charge in [0.2, 0.25) is 0 Å². The summed E-state index contributed by atoms with van der Waals surface area (Å²) in [5.41, 5.74) is 13.4. The molecule has 0 bridgehead atoms. The van der Waals surface area contributed by atoms with Gasteiger partial charge in [0.05, 0.1) is 28.8 Å². The zero-order valence-corrected chi connectivity index (χ0v) is 31.6. The third-order valence-electron chi connectivity index (χ3n) is 11.6. The number of fused-ring (bicyclic) bond motifs is 9. The molecule has 2 aliphatic rings. The van der Waals surface area contributed by atoms with Crippen molar-refractivity contribution in [2.75, 3.05) is 9.80 Å². The summed E-state index contributed by atoms with van der Waals surface area (Å²) < 4.78 is 39.0. The predicted molar refractivity (Wildman–Crippen MR) is 222 cm³/mol. The molecule has 0 fully saturated rings. The van der Waals surface area contributed by atoms with Crippen molar-refractivity contribution in [3.8, 4) is 0 Å². The monoisotopic (exact) mass is 711 g/mol. The van der Waals surface area contributed by atoms with Crippen LogP contribution in [0.1, 0.15) is 52.7 Å².